The lowest BCUT2D eigenvalue weighted by molar-refractivity contribution is -0.131. The fourth-order valence-electron chi connectivity index (χ4n) is 7.20. The number of piperazine rings is 1. The molecule has 1 aromatic carbocycles. The van der Waals surface area contributed by atoms with Gasteiger partial charge in [0, 0.05) is 83.9 Å². The van der Waals surface area contributed by atoms with E-state index in [1.165, 1.54) is 24.1 Å². The maximum atomic E-state index is 13.3. The van der Waals surface area contributed by atoms with E-state index in [4.69, 9.17) is 16.0 Å². The molecule has 2 atom stereocenters. The van der Waals surface area contributed by atoms with E-state index in [2.05, 4.69) is 94.1 Å². The van der Waals surface area contributed by atoms with E-state index >= 15 is 0 Å². The SMILES string of the molecule is C#CCCCCN1CCN(CCCC(=O)N2CCC(N(CC)CN(CCC(OC)c3ccccc3)C3CC3(C)C)=C(N=C)C2)CC1.NC=O. The molecule has 272 valence electrons. The van der Waals surface area contributed by atoms with Crippen LogP contribution in [0.5, 0.6) is 0 Å². The lowest BCUT2D eigenvalue weighted by atomic mass is 10.1. The fourth-order valence-corrected chi connectivity index (χ4v) is 7.20. The van der Waals surface area contributed by atoms with Crippen LogP contribution in [-0.4, -0.2) is 129 Å². The summed E-state index contributed by atoms with van der Waals surface area (Å²) >= 11 is 0. The lowest BCUT2D eigenvalue weighted by Crippen LogP contribution is -2.47. The van der Waals surface area contributed by atoms with Gasteiger partial charge in [-0.3, -0.25) is 19.5 Å². The molecule has 49 heavy (non-hydrogen) atoms. The minimum Gasteiger partial charge on any atom is -0.377 e. The smallest absolute Gasteiger partial charge is 0.222 e. The van der Waals surface area contributed by atoms with Gasteiger partial charge in [0.05, 0.1) is 25.0 Å². The van der Waals surface area contributed by atoms with Gasteiger partial charge in [-0.1, -0.05) is 44.2 Å². The Labute approximate surface area is 296 Å². The zero-order chi connectivity index (χ0) is 35.6. The van der Waals surface area contributed by atoms with Crippen LogP contribution in [0.15, 0.2) is 46.7 Å². The van der Waals surface area contributed by atoms with Gasteiger partial charge in [-0.15, -0.1) is 12.3 Å². The summed E-state index contributed by atoms with van der Waals surface area (Å²) in [4.78, 5) is 38.5. The van der Waals surface area contributed by atoms with Crippen LogP contribution < -0.4 is 5.73 Å². The standard InChI is InChI=1S/C38H60N6O2.CH3NO/c1-7-9-10-14-21-40-25-27-41(28-26-40)22-15-18-37(45)43-23-19-34(33(30-43)39-5)42(8-2)31-44(36-29-38(36,3)4)24-20-35(46-6)32-16-12-11-13-17-32;2-1-3/h1,11-13,16-17,35-36H,5,8-10,14-15,18-31H2,2-4,6H3;1H,(H2,2,3). The first-order valence-electron chi connectivity index (χ1n) is 18.3. The number of terminal acetylenes is 1. The molecule has 0 radical (unpaired) electrons. The Hall–Kier alpha value is -3.23. The summed E-state index contributed by atoms with van der Waals surface area (Å²) < 4.78 is 5.92. The molecule has 1 aliphatic carbocycles. The zero-order valence-corrected chi connectivity index (χ0v) is 30.8. The molecule has 10 heteroatoms. The van der Waals surface area contributed by atoms with Crippen LogP contribution in [0.4, 0.5) is 0 Å². The number of hydrogen-bond acceptors (Lipinski definition) is 8. The molecule has 2 fully saturated rings. The minimum absolute atomic E-state index is 0.0821. The van der Waals surface area contributed by atoms with Gasteiger partial charge in [-0.2, -0.15) is 0 Å². The zero-order valence-electron chi connectivity index (χ0n) is 30.8. The van der Waals surface area contributed by atoms with Crippen LogP contribution in [0.3, 0.4) is 0 Å². The first-order chi connectivity index (χ1) is 23.7. The molecule has 1 saturated heterocycles. The molecule has 0 aromatic heterocycles. The Morgan fingerprint density at radius 3 is 2.33 bits per heavy atom. The normalized spacial score (nSPS) is 19.8. The van der Waals surface area contributed by atoms with E-state index < -0.39 is 0 Å². The van der Waals surface area contributed by atoms with E-state index in [1.807, 2.05) is 12.0 Å². The van der Waals surface area contributed by atoms with Gasteiger partial charge in [0.15, 0.2) is 0 Å². The second-order valence-corrected chi connectivity index (χ2v) is 14.1. The molecule has 4 rings (SSSR count). The number of nitrogens with two attached hydrogens (primary N) is 1. The molecule has 2 N–H and O–H groups in total. The van der Waals surface area contributed by atoms with Crippen molar-refractivity contribution in [1.82, 2.24) is 24.5 Å². The number of amides is 2. The summed E-state index contributed by atoms with van der Waals surface area (Å²) in [6, 6.07) is 11.1. The van der Waals surface area contributed by atoms with E-state index in [-0.39, 0.29) is 18.4 Å². The van der Waals surface area contributed by atoms with Crippen molar-refractivity contribution in [3.63, 3.8) is 0 Å². The summed E-state index contributed by atoms with van der Waals surface area (Å²) in [6.45, 7) is 21.5. The number of carbonyl (C=O) groups is 2. The van der Waals surface area contributed by atoms with Crippen LogP contribution in [0.25, 0.3) is 0 Å². The largest absolute Gasteiger partial charge is 0.377 e. The molecule has 3 aliphatic rings. The summed E-state index contributed by atoms with van der Waals surface area (Å²) in [5, 5.41) is 0. The summed E-state index contributed by atoms with van der Waals surface area (Å²) in [5.41, 5.74) is 7.92. The van der Waals surface area contributed by atoms with Gasteiger partial charge in [0.2, 0.25) is 12.3 Å². The van der Waals surface area contributed by atoms with Gasteiger partial charge in [-0.25, -0.2) is 0 Å². The topological polar surface area (TPSA) is 97.9 Å². The predicted molar refractivity (Wildman–Crippen MR) is 200 cm³/mol. The second kappa shape index (κ2) is 21.1. The number of primary amides is 1. The average Bonchev–Trinajstić information content (AvgIpc) is 3.76. The van der Waals surface area contributed by atoms with Crippen molar-refractivity contribution in [2.24, 2.45) is 16.1 Å². The molecule has 2 aliphatic heterocycles. The number of hydrogen-bond donors (Lipinski definition) is 1. The van der Waals surface area contributed by atoms with Gasteiger partial charge < -0.3 is 30.1 Å². The maximum absolute atomic E-state index is 13.3. The maximum Gasteiger partial charge on any atom is 0.222 e. The van der Waals surface area contributed by atoms with E-state index in [1.54, 1.807) is 0 Å². The molecular weight excluding hydrogens is 614 g/mol. The van der Waals surface area contributed by atoms with E-state index in [9.17, 15) is 4.79 Å². The van der Waals surface area contributed by atoms with Crippen LogP contribution in [-0.2, 0) is 14.3 Å². The summed E-state index contributed by atoms with van der Waals surface area (Å²) in [5.74, 6) is 2.97. The van der Waals surface area contributed by atoms with Gasteiger partial charge >= 0.3 is 0 Å². The van der Waals surface area contributed by atoms with E-state index in [0.29, 0.717) is 24.4 Å². The number of nitrogens with zero attached hydrogens (tertiary/aromatic N) is 6. The van der Waals surface area contributed by atoms with Crippen molar-refractivity contribution in [2.75, 3.05) is 79.2 Å². The predicted octanol–water partition coefficient (Wildman–Crippen LogP) is 4.59. The number of benzene rings is 1. The van der Waals surface area contributed by atoms with Crippen molar-refractivity contribution in [2.45, 2.75) is 84.3 Å². The Morgan fingerprint density at radius 2 is 1.78 bits per heavy atom. The van der Waals surface area contributed by atoms with Crippen molar-refractivity contribution < 1.29 is 14.3 Å². The van der Waals surface area contributed by atoms with Crippen molar-refractivity contribution >= 4 is 19.0 Å². The Morgan fingerprint density at radius 1 is 1.14 bits per heavy atom. The molecule has 1 aromatic rings. The molecule has 2 heterocycles. The number of methoxy groups -OCH3 is 1. The number of aliphatic imine (C=N–C) groups is 1. The molecule has 2 amide bonds. The first kappa shape index (κ1) is 40.2. The highest BCUT2D eigenvalue weighted by molar-refractivity contribution is 5.76. The molecule has 10 nitrogen and oxygen atoms in total. The Balaban J connectivity index is 0.00000209. The second-order valence-electron chi connectivity index (χ2n) is 14.1. The molecule has 0 spiro atoms. The highest BCUT2D eigenvalue weighted by atomic mass is 16.5. The number of ether oxygens (including phenoxy) is 1. The third kappa shape index (κ3) is 12.9. The monoisotopic (exact) mass is 677 g/mol. The van der Waals surface area contributed by atoms with Crippen molar-refractivity contribution in [1.29, 1.82) is 0 Å². The van der Waals surface area contributed by atoms with Gasteiger partial charge in [0.25, 0.3) is 0 Å². The quantitative estimate of drug-likeness (QED) is 0.0753. The molecule has 0 bridgehead atoms. The minimum atomic E-state index is 0.0821. The van der Waals surface area contributed by atoms with Gasteiger partial charge in [0.1, 0.15) is 0 Å². The highest BCUT2D eigenvalue weighted by Crippen LogP contribution is 2.49. The third-order valence-corrected chi connectivity index (χ3v) is 10.4. The third-order valence-electron chi connectivity index (χ3n) is 10.4. The van der Waals surface area contributed by atoms with Crippen LogP contribution >= 0.6 is 0 Å². The summed E-state index contributed by atoms with van der Waals surface area (Å²) in [6.07, 6.45) is 13.4. The van der Waals surface area contributed by atoms with Crippen LogP contribution in [0.2, 0.25) is 0 Å². The Bertz CT molecular complexity index is 1220. The molecule has 1 saturated carbocycles. The number of rotatable bonds is 19. The molecular formula is C39H63N7O3. The lowest BCUT2D eigenvalue weighted by Gasteiger charge is -2.38. The van der Waals surface area contributed by atoms with Gasteiger partial charge in [-0.05, 0) is 69.8 Å². The first-order valence-corrected chi connectivity index (χ1v) is 18.3. The fraction of sp³-hybridized carbons (Fsp3) is 0.667. The van der Waals surface area contributed by atoms with Crippen molar-refractivity contribution in [3.8, 4) is 12.3 Å². The average molecular weight is 678 g/mol. The number of unbranched alkanes of at least 4 members (excludes halogenated alkanes) is 2. The number of carbonyl (C=O) groups excluding carboxylic acids is 2. The van der Waals surface area contributed by atoms with Crippen LogP contribution in [0, 0.1) is 17.8 Å². The summed E-state index contributed by atoms with van der Waals surface area (Å²) in [7, 11) is 1.82. The highest BCUT2D eigenvalue weighted by Gasteiger charge is 2.49. The van der Waals surface area contributed by atoms with Crippen molar-refractivity contribution in [3.05, 3.63) is 47.3 Å². The molecule has 2 unspecified atom stereocenters. The van der Waals surface area contributed by atoms with Crippen LogP contribution in [0.1, 0.15) is 83.8 Å². The van der Waals surface area contributed by atoms with E-state index in [0.717, 1.165) is 103 Å². The Kier molecular flexibility index (Phi) is 17.3.